The van der Waals surface area contributed by atoms with E-state index < -0.39 is 17.6 Å². The number of halogens is 4. The standard InChI is InChI=1S/C17H16ClF3N2O3/c1-25-14-8-13(15(26-2)7-12(14)18)22-9-16(24)23-11-5-3-10(4-6-11)17(19,20)21/h3-8,22H,9H2,1-2H3,(H,23,24). The summed E-state index contributed by atoms with van der Waals surface area (Å²) in [7, 11) is 2.90. The lowest BCUT2D eigenvalue weighted by molar-refractivity contribution is -0.137. The summed E-state index contributed by atoms with van der Waals surface area (Å²) in [5.74, 6) is 0.372. The molecule has 0 aliphatic carbocycles. The molecular weight excluding hydrogens is 373 g/mol. The van der Waals surface area contributed by atoms with Crippen LogP contribution in [0.5, 0.6) is 11.5 Å². The third kappa shape index (κ3) is 4.95. The first-order chi connectivity index (χ1) is 12.2. The quantitative estimate of drug-likeness (QED) is 0.768. The molecule has 0 atom stereocenters. The van der Waals surface area contributed by atoms with Crippen LogP contribution in [0.1, 0.15) is 5.56 Å². The van der Waals surface area contributed by atoms with E-state index in [-0.39, 0.29) is 12.2 Å². The maximum atomic E-state index is 12.5. The van der Waals surface area contributed by atoms with Crippen LogP contribution in [-0.2, 0) is 11.0 Å². The Kier molecular flexibility index (Phi) is 6.20. The highest BCUT2D eigenvalue weighted by Gasteiger charge is 2.29. The number of amides is 1. The highest BCUT2D eigenvalue weighted by atomic mass is 35.5. The zero-order valence-corrected chi connectivity index (χ0v) is 14.7. The second kappa shape index (κ2) is 8.18. The molecule has 0 radical (unpaired) electrons. The van der Waals surface area contributed by atoms with Crippen LogP contribution < -0.4 is 20.1 Å². The summed E-state index contributed by atoms with van der Waals surface area (Å²) in [5, 5.41) is 5.72. The number of carbonyl (C=O) groups excluding carboxylic acids is 1. The van der Waals surface area contributed by atoms with Crippen LogP contribution in [0, 0.1) is 0 Å². The first-order valence-electron chi connectivity index (χ1n) is 7.37. The Morgan fingerprint density at radius 1 is 1.08 bits per heavy atom. The van der Waals surface area contributed by atoms with Crippen molar-refractivity contribution in [3.8, 4) is 11.5 Å². The molecule has 5 nitrogen and oxygen atoms in total. The summed E-state index contributed by atoms with van der Waals surface area (Å²) in [6.07, 6.45) is -4.42. The molecule has 0 bridgehead atoms. The molecule has 0 aliphatic heterocycles. The number of benzene rings is 2. The van der Waals surface area contributed by atoms with Crippen molar-refractivity contribution in [3.63, 3.8) is 0 Å². The second-order valence-corrected chi connectivity index (χ2v) is 5.57. The molecule has 140 valence electrons. The number of rotatable bonds is 6. The lowest BCUT2D eigenvalue weighted by Crippen LogP contribution is -2.22. The predicted molar refractivity (Wildman–Crippen MR) is 93.1 cm³/mol. The molecular formula is C17H16ClF3N2O3. The van der Waals surface area contributed by atoms with Gasteiger partial charge in [0.15, 0.2) is 0 Å². The van der Waals surface area contributed by atoms with Crippen LogP contribution in [0.25, 0.3) is 0 Å². The van der Waals surface area contributed by atoms with Gasteiger partial charge in [-0.3, -0.25) is 4.79 Å². The Balaban J connectivity index is 2.01. The number of methoxy groups -OCH3 is 2. The largest absolute Gasteiger partial charge is 0.495 e. The Morgan fingerprint density at radius 3 is 2.23 bits per heavy atom. The molecule has 2 N–H and O–H groups in total. The highest BCUT2D eigenvalue weighted by molar-refractivity contribution is 6.32. The monoisotopic (exact) mass is 388 g/mol. The van der Waals surface area contributed by atoms with Gasteiger partial charge in [-0.1, -0.05) is 11.6 Å². The smallest absolute Gasteiger partial charge is 0.416 e. The van der Waals surface area contributed by atoms with Crippen LogP contribution in [0.3, 0.4) is 0 Å². The number of nitrogens with one attached hydrogen (secondary N) is 2. The van der Waals surface area contributed by atoms with E-state index in [2.05, 4.69) is 10.6 Å². The molecule has 2 rings (SSSR count). The highest BCUT2D eigenvalue weighted by Crippen LogP contribution is 2.35. The molecule has 0 saturated heterocycles. The van der Waals surface area contributed by atoms with Crippen molar-refractivity contribution in [2.75, 3.05) is 31.4 Å². The van der Waals surface area contributed by atoms with E-state index in [1.807, 2.05) is 0 Å². The summed E-state index contributed by atoms with van der Waals surface area (Å²) in [6, 6.07) is 7.29. The van der Waals surface area contributed by atoms with Crippen molar-refractivity contribution in [1.29, 1.82) is 0 Å². The fourth-order valence-electron chi connectivity index (χ4n) is 2.12. The summed E-state index contributed by atoms with van der Waals surface area (Å²) in [6.45, 7) is -0.137. The van der Waals surface area contributed by atoms with E-state index in [9.17, 15) is 18.0 Å². The minimum atomic E-state index is -4.42. The lowest BCUT2D eigenvalue weighted by atomic mass is 10.2. The Bertz CT molecular complexity index is 780. The molecule has 0 heterocycles. The van der Waals surface area contributed by atoms with Gasteiger partial charge in [0.05, 0.1) is 37.0 Å². The van der Waals surface area contributed by atoms with Crippen molar-refractivity contribution < 1.29 is 27.4 Å². The normalized spacial score (nSPS) is 11.0. The van der Waals surface area contributed by atoms with E-state index in [0.29, 0.717) is 22.2 Å². The van der Waals surface area contributed by atoms with E-state index in [4.69, 9.17) is 21.1 Å². The Morgan fingerprint density at radius 2 is 1.69 bits per heavy atom. The molecule has 9 heteroatoms. The van der Waals surface area contributed by atoms with Crippen molar-refractivity contribution in [2.45, 2.75) is 6.18 Å². The molecule has 0 unspecified atom stereocenters. The maximum absolute atomic E-state index is 12.5. The summed E-state index contributed by atoms with van der Waals surface area (Å²) >= 11 is 6.00. The molecule has 2 aromatic rings. The fraction of sp³-hybridized carbons (Fsp3) is 0.235. The molecule has 0 aromatic heterocycles. The van der Waals surface area contributed by atoms with Gasteiger partial charge >= 0.3 is 6.18 Å². The van der Waals surface area contributed by atoms with Crippen molar-refractivity contribution >= 4 is 28.9 Å². The van der Waals surface area contributed by atoms with E-state index in [0.717, 1.165) is 12.1 Å². The van der Waals surface area contributed by atoms with Gasteiger partial charge in [0.2, 0.25) is 5.91 Å². The summed E-state index contributed by atoms with van der Waals surface area (Å²) in [5.41, 5.74) is -0.0478. The Labute approximate surface area is 153 Å². The van der Waals surface area contributed by atoms with Crippen LogP contribution in [0.2, 0.25) is 5.02 Å². The average molecular weight is 389 g/mol. The van der Waals surface area contributed by atoms with Gasteiger partial charge in [0.25, 0.3) is 0 Å². The molecule has 0 spiro atoms. The lowest BCUT2D eigenvalue weighted by Gasteiger charge is -2.14. The van der Waals surface area contributed by atoms with Crippen LogP contribution in [0.15, 0.2) is 36.4 Å². The van der Waals surface area contributed by atoms with Crippen molar-refractivity contribution in [1.82, 2.24) is 0 Å². The predicted octanol–water partition coefficient (Wildman–Crippen LogP) is 4.43. The van der Waals surface area contributed by atoms with Gasteiger partial charge in [-0.2, -0.15) is 13.2 Å². The zero-order chi connectivity index (χ0) is 19.3. The van der Waals surface area contributed by atoms with Gasteiger partial charge in [-0.05, 0) is 24.3 Å². The van der Waals surface area contributed by atoms with Crippen LogP contribution >= 0.6 is 11.6 Å². The molecule has 26 heavy (non-hydrogen) atoms. The number of ether oxygens (including phenoxy) is 2. The fourth-order valence-corrected chi connectivity index (χ4v) is 2.35. The molecule has 0 saturated carbocycles. The van der Waals surface area contributed by atoms with Gasteiger partial charge in [0.1, 0.15) is 11.5 Å². The third-order valence-corrected chi connectivity index (χ3v) is 3.70. The number of alkyl halides is 3. The van der Waals surface area contributed by atoms with Gasteiger partial charge in [0, 0.05) is 17.8 Å². The molecule has 2 aromatic carbocycles. The van der Waals surface area contributed by atoms with Gasteiger partial charge < -0.3 is 20.1 Å². The van der Waals surface area contributed by atoms with Crippen LogP contribution in [0.4, 0.5) is 24.5 Å². The van der Waals surface area contributed by atoms with E-state index >= 15 is 0 Å². The van der Waals surface area contributed by atoms with Gasteiger partial charge in [-0.15, -0.1) is 0 Å². The van der Waals surface area contributed by atoms with Crippen molar-refractivity contribution in [2.24, 2.45) is 0 Å². The number of carbonyl (C=O) groups is 1. The summed E-state index contributed by atoms with van der Waals surface area (Å²) < 4.78 is 47.9. The first-order valence-corrected chi connectivity index (χ1v) is 7.75. The maximum Gasteiger partial charge on any atom is 0.416 e. The van der Waals surface area contributed by atoms with E-state index in [1.54, 1.807) is 6.07 Å². The van der Waals surface area contributed by atoms with Crippen molar-refractivity contribution in [3.05, 3.63) is 47.0 Å². The molecule has 0 fully saturated rings. The minimum absolute atomic E-state index is 0.137. The summed E-state index contributed by atoms with van der Waals surface area (Å²) in [4.78, 5) is 12.0. The number of hydrogen-bond donors (Lipinski definition) is 2. The number of anilines is 2. The zero-order valence-electron chi connectivity index (χ0n) is 13.9. The minimum Gasteiger partial charge on any atom is -0.495 e. The second-order valence-electron chi connectivity index (χ2n) is 5.16. The number of hydrogen-bond acceptors (Lipinski definition) is 4. The Hall–Kier alpha value is -2.61. The molecule has 1 amide bonds. The van der Waals surface area contributed by atoms with Gasteiger partial charge in [-0.25, -0.2) is 0 Å². The average Bonchev–Trinajstić information content (AvgIpc) is 2.60. The molecule has 0 aliphatic rings. The SMILES string of the molecule is COc1cc(NCC(=O)Nc2ccc(C(F)(F)F)cc2)c(OC)cc1Cl. The first kappa shape index (κ1) is 19.7. The third-order valence-electron chi connectivity index (χ3n) is 3.41. The van der Waals surface area contributed by atoms with Crippen LogP contribution in [-0.4, -0.2) is 26.7 Å². The van der Waals surface area contributed by atoms with E-state index in [1.165, 1.54) is 32.4 Å². The topological polar surface area (TPSA) is 59.6 Å².